The number of phenolic OH excluding ortho intramolecular Hbond substituents is 1. The average molecular weight is 248 g/mol. The van der Waals surface area contributed by atoms with Gasteiger partial charge in [0.05, 0.1) is 5.92 Å². The second-order valence-electron chi connectivity index (χ2n) is 5.21. The van der Waals surface area contributed by atoms with E-state index in [-0.39, 0.29) is 5.75 Å². The molecule has 0 aliphatic heterocycles. The van der Waals surface area contributed by atoms with Crippen LogP contribution in [-0.2, 0) is 4.79 Å². The molecule has 2 rings (SSSR count). The lowest BCUT2D eigenvalue weighted by atomic mass is 9.83. The molecule has 1 aromatic rings. The van der Waals surface area contributed by atoms with Crippen LogP contribution < -0.4 is 0 Å². The maximum absolute atomic E-state index is 10.9. The normalized spacial score (nSPS) is 18.5. The second-order valence-corrected chi connectivity index (χ2v) is 5.21. The van der Waals surface area contributed by atoms with Gasteiger partial charge < -0.3 is 10.2 Å². The van der Waals surface area contributed by atoms with Crippen LogP contribution in [0.15, 0.2) is 18.2 Å². The van der Waals surface area contributed by atoms with Gasteiger partial charge >= 0.3 is 5.97 Å². The molecule has 0 bridgehead atoms. The Morgan fingerprint density at radius 1 is 1.28 bits per heavy atom. The molecule has 2 N–H and O–H groups in total. The van der Waals surface area contributed by atoms with Crippen LogP contribution in [0, 0.1) is 0 Å². The summed E-state index contributed by atoms with van der Waals surface area (Å²) in [6.45, 7) is 1.59. The summed E-state index contributed by atoms with van der Waals surface area (Å²) >= 11 is 0. The molecule has 0 radical (unpaired) electrons. The van der Waals surface area contributed by atoms with Gasteiger partial charge in [0.15, 0.2) is 0 Å². The van der Waals surface area contributed by atoms with E-state index in [1.807, 2.05) is 6.07 Å². The molecule has 0 spiro atoms. The summed E-state index contributed by atoms with van der Waals surface area (Å²) in [5, 5.41) is 18.9. The Bertz CT molecular complexity index is 433. The standard InChI is InChI=1S/C15H20O3/c1-10(15(17)18)13-8-7-12(9-14(13)16)11-5-3-2-4-6-11/h7-11,16H,2-6H2,1H3,(H,17,18). The largest absolute Gasteiger partial charge is 0.508 e. The van der Waals surface area contributed by atoms with Crippen molar-refractivity contribution in [2.75, 3.05) is 0 Å². The number of hydrogen-bond donors (Lipinski definition) is 2. The molecule has 0 heterocycles. The van der Waals surface area contributed by atoms with Crippen LogP contribution >= 0.6 is 0 Å². The highest BCUT2D eigenvalue weighted by Crippen LogP contribution is 2.36. The summed E-state index contributed by atoms with van der Waals surface area (Å²) in [5.74, 6) is -0.923. The molecule has 1 unspecified atom stereocenters. The highest BCUT2D eigenvalue weighted by molar-refractivity contribution is 5.76. The molecule has 1 aliphatic carbocycles. The Balaban J connectivity index is 2.21. The molecular formula is C15H20O3. The van der Waals surface area contributed by atoms with Gasteiger partial charge in [0, 0.05) is 5.56 Å². The molecule has 1 aromatic carbocycles. The summed E-state index contributed by atoms with van der Waals surface area (Å²) in [6.07, 6.45) is 6.15. The summed E-state index contributed by atoms with van der Waals surface area (Å²) in [6, 6.07) is 5.49. The number of aromatic hydroxyl groups is 1. The minimum atomic E-state index is -0.907. The maximum Gasteiger partial charge on any atom is 0.310 e. The molecule has 98 valence electrons. The lowest BCUT2D eigenvalue weighted by Gasteiger charge is -2.22. The van der Waals surface area contributed by atoms with E-state index in [1.54, 1.807) is 19.1 Å². The first kappa shape index (κ1) is 12.9. The highest BCUT2D eigenvalue weighted by atomic mass is 16.4. The van der Waals surface area contributed by atoms with Crippen molar-refractivity contribution in [1.82, 2.24) is 0 Å². The van der Waals surface area contributed by atoms with Crippen LogP contribution in [-0.4, -0.2) is 16.2 Å². The molecule has 3 heteroatoms. The third-order valence-electron chi connectivity index (χ3n) is 3.97. The number of hydrogen-bond acceptors (Lipinski definition) is 2. The predicted molar refractivity (Wildman–Crippen MR) is 70.0 cm³/mol. The Labute approximate surface area is 107 Å². The molecule has 1 saturated carbocycles. The molecule has 0 aromatic heterocycles. The van der Waals surface area contributed by atoms with Gasteiger partial charge in [0.25, 0.3) is 0 Å². The predicted octanol–water partition coefficient (Wildman–Crippen LogP) is 3.63. The van der Waals surface area contributed by atoms with E-state index < -0.39 is 11.9 Å². The number of carboxylic acid groups (broad SMARTS) is 1. The molecule has 3 nitrogen and oxygen atoms in total. The number of phenols is 1. The van der Waals surface area contributed by atoms with Gasteiger partial charge in [-0.1, -0.05) is 31.4 Å². The van der Waals surface area contributed by atoms with E-state index in [0.717, 1.165) is 5.56 Å². The quantitative estimate of drug-likeness (QED) is 0.858. The SMILES string of the molecule is CC(C(=O)O)c1ccc(C2CCCCC2)cc1O. The topological polar surface area (TPSA) is 57.5 Å². The molecule has 0 amide bonds. The molecule has 18 heavy (non-hydrogen) atoms. The minimum Gasteiger partial charge on any atom is -0.508 e. The second kappa shape index (κ2) is 5.42. The maximum atomic E-state index is 10.9. The first-order valence-corrected chi connectivity index (χ1v) is 6.65. The molecule has 1 fully saturated rings. The van der Waals surface area contributed by atoms with Crippen molar-refractivity contribution in [3.05, 3.63) is 29.3 Å². The summed E-state index contributed by atoms with van der Waals surface area (Å²) in [7, 11) is 0. The molecular weight excluding hydrogens is 228 g/mol. The number of carbonyl (C=O) groups is 1. The Kier molecular flexibility index (Phi) is 3.90. The zero-order valence-corrected chi connectivity index (χ0v) is 10.7. The van der Waals surface area contributed by atoms with Crippen LogP contribution in [0.4, 0.5) is 0 Å². The molecule has 1 atom stereocenters. The lowest BCUT2D eigenvalue weighted by molar-refractivity contribution is -0.138. The zero-order chi connectivity index (χ0) is 13.1. The van der Waals surface area contributed by atoms with E-state index >= 15 is 0 Å². The van der Waals surface area contributed by atoms with Crippen molar-refractivity contribution >= 4 is 5.97 Å². The van der Waals surface area contributed by atoms with Gasteiger partial charge in [-0.25, -0.2) is 0 Å². The fraction of sp³-hybridized carbons (Fsp3) is 0.533. The monoisotopic (exact) mass is 248 g/mol. The van der Waals surface area contributed by atoms with Crippen LogP contribution in [0.1, 0.15) is 62.0 Å². The van der Waals surface area contributed by atoms with Gasteiger partial charge in [0.1, 0.15) is 5.75 Å². The van der Waals surface area contributed by atoms with Crippen LogP contribution in [0.5, 0.6) is 5.75 Å². The van der Waals surface area contributed by atoms with Crippen molar-refractivity contribution in [3.63, 3.8) is 0 Å². The molecule has 1 aliphatic rings. The Morgan fingerprint density at radius 2 is 1.94 bits per heavy atom. The zero-order valence-electron chi connectivity index (χ0n) is 10.7. The van der Waals surface area contributed by atoms with Gasteiger partial charge in [0.2, 0.25) is 0 Å². The van der Waals surface area contributed by atoms with Gasteiger partial charge in [-0.3, -0.25) is 4.79 Å². The van der Waals surface area contributed by atoms with E-state index in [1.165, 1.54) is 32.1 Å². The van der Waals surface area contributed by atoms with E-state index in [4.69, 9.17) is 5.11 Å². The van der Waals surface area contributed by atoms with E-state index in [2.05, 4.69) is 0 Å². The summed E-state index contributed by atoms with van der Waals surface area (Å²) in [4.78, 5) is 10.9. The fourth-order valence-electron chi connectivity index (χ4n) is 2.75. The van der Waals surface area contributed by atoms with Crippen LogP contribution in [0.25, 0.3) is 0 Å². The fourth-order valence-corrected chi connectivity index (χ4v) is 2.75. The van der Waals surface area contributed by atoms with Gasteiger partial charge in [-0.05, 0) is 37.3 Å². The van der Waals surface area contributed by atoms with Crippen molar-refractivity contribution in [3.8, 4) is 5.75 Å². The summed E-state index contributed by atoms with van der Waals surface area (Å²) < 4.78 is 0. The smallest absolute Gasteiger partial charge is 0.310 e. The first-order valence-electron chi connectivity index (χ1n) is 6.65. The van der Waals surface area contributed by atoms with Crippen molar-refractivity contribution in [1.29, 1.82) is 0 Å². The van der Waals surface area contributed by atoms with Crippen molar-refractivity contribution in [2.45, 2.75) is 50.9 Å². The minimum absolute atomic E-state index is 0.118. The number of aliphatic carboxylic acids is 1. The Hall–Kier alpha value is -1.51. The number of carboxylic acids is 1. The molecule has 0 saturated heterocycles. The van der Waals surface area contributed by atoms with Crippen molar-refractivity contribution < 1.29 is 15.0 Å². The van der Waals surface area contributed by atoms with E-state index in [0.29, 0.717) is 11.5 Å². The number of benzene rings is 1. The number of rotatable bonds is 3. The lowest BCUT2D eigenvalue weighted by Crippen LogP contribution is -2.09. The van der Waals surface area contributed by atoms with Gasteiger partial charge in [-0.2, -0.15) is 0 Å². The average Bonchev–Trinajstić information content (AvgIpc) is 2.38. The first-order chi connectivity index (χ1) is 8.59. The van der Waals surface area contributed by atoms with Gasteiger partial charge in [-0.15, -0.1) is 0 Å². The Morgan fingerprint density at radius 3 is 2.50 bits per heavy atom. The van der Waals surface area contributed by atoms with Crippen molar-refractivity contribution in [2.24, 2.45) is 0 Å². The van der Waals surface area contributed by atoms with Crippen LogP contribution in [0.2, 0.25) is 0 Å². The third kappa shape index (κ3) is 2.66. The van der Waals surface area contributed by atoms with Crippen LogP contribution in [0.3, 0.4) is 0 Å². The van der Waals surface area contributed by atoms with E-state index in [9.17, 15) is 9.90 Å². The summed E-state index contributed by atoms with van der Waals surface area (Å²) in [5.41, 5.74) is 1.65. The third-order valence-corrected chi connectivity index (χ3v) is 3.97. The highest BCUT2D eigenvalue weighted by Gasteiger charge is 2.20.